The van der Waals surface area contributed by atoms with E-state index in [1.54, 1.807) is 13.3 Å². The fourth-order valence-electron chi connectivity index (χ4n) is 4.67. The highest BCUT2D eigenvalue weighted by atomic mass is 16.6. The standard InChI is InChI=1S/C25H27N5O3/c1-32-19-6-8-21-20(13-19)22(9-10-27-21)28-25(31)18-4-2-3-16(11-18)14-26-15-17-5-7-23-24(12-17)30-33-29-23/h5-10,12-13,16,18,26H,2-4,11,14-15H2,1H3,(H,27,28,31). The van der Waals surface area contributed by atoms with Crippen LogP contribution in [0.5, 0.6) is 5.75 Å². The lowest BCUT2D eigenvalue weighted by Gasteiger charge is -2.28. The molecule has 2 aromatic carbocycles. The highest BCUT2D eigenvalue weighted by Crippen LogP contribution is 2.31. The van der Waals surface area contributed by atoms with E-state index in [0.29, 0.717) is 5.92 Å². The molecule has 0 aliphatic heterocycles. The molecule has 5 rings (SSSR count). The number of carbonyl (C=O) groups is 1. The highest BCUT2D eigenvalue weighted by Gasteiger charge is 2.27. The number of nitrogens with zero attached hydrogens (tertiary/aromatic N) is 3. The highest BCUT2D eigenvalue weighted by molar-refractivity contribution is 6.02. The molecule has 4 aromatic rings. The van der Waals surface area contributed by atoms with Crippen LogP contribution in [-0.4, -0.2) is 34.9 Å². The average molecular weight is 446 g/mol. The Morgan fingerprint density at radius 2 is 1.97 bits per heavy atom. The Morgan fingerprint density at radius 1 is 1.09 bits per heavy atom. The van der Waals surface area contributed by atoms with Crippen molar-refractivity contribution in [3.8, 4) is 5.75 Å². The lowest BCUT2D eigenvalue weighted by Crippen LogP contribution is -2.32. The predicted molar refractivity (Wildman–Crippen MR) is 126 cm³/mol. The van der Waals surface area contributed by atoms with Crippen LogP contribution in [0.3, 0.4) is 0 Å². The topological polar surface area (TPSA) is 102 Å². The smallest absolute Gasteiger partial charge is 0.227 e. The number of rotatable bonds is 7. The first kappa shape index (κ1) is 21.3. The minimum Gasteiger partial charge on any atom is -0.497 e. The SMILES string of the molecule is COc1ccc2nccc(NC(=O)C3CCCC(CNCc4ccc5nonc5c4)C3)c2c1. The number of methoxy groups -OCH3 is 1. The van der Waals surface area contributed by atoms with E-state index in [1.165, 1.54) is 0 Å². The third-order valence-electron chi connectivity index (χ3n) is 6.44. The molecule has 2 N–H and O–H groups in total. The molecule has 8 heteroatoms. The van der Waals surface area contributed by atoms with Crippen LogP contribution in [0.2, 0.25) is 0 Å². The van der Waals surface area contributed by atoms with E-state index >= 15 is 0 Å². The maximum atomic E-state index is 13.1. The molecule has 170 valence electrons. The molecule has 2 unspecified atom stereocenters. The lowest BCUT2D eigenvalue weighted by atomic mass is 9.81. The molecule has 8 nitrogen and oxygen atoms in total. The van der Waals surface area contributed by atoms with E-state index in [-0.39, 0.29) is 11.8 Å². The molecule has 1 amide bonds. The Hall–Kier alpha value is -3.52. The summed E-state index contributed by atoms with van der Waals surface area (Å²) in [7, 11) is 1.63. The molecule has 2 aromatic heterocycles. The van der Waals surface area contributed by atoms with E-state index in [9.17, 15) is 4.79 Å². The van der Waals surface area contributed by atoms with Crippen LogP contribution >= 0.6 is 0 Å². The van der Waals surface area contributed by atoms with Gasteiger partial charge in [0.25, 0.3) is 0 Å². The van der Waals surface area contributed by atoms with Gasteiger partial charge in [-0.1, -0.05) is 12.5 Å². The second kappa shape index (κ2) is 9.54. The zero-order valence-corrected chi connectivity index (χ0v) is 18.6. The van der Waals surface area contributed by atoms with Gasteiger partial charge in [-0.25, -0.2) is 4.63 Å². The third kappa shape index (κ3) is 4.80. The Balaban J connectivity index is 1.18. The van der Waals surface area contributed by atoms with E-state index in [0.717, 1.165) is 77.7 Å². The quantitative estimate of drug-likeness (QED) is 0.437. The lowest BCUT2D eigenvalue weighted by molar-refractivity contribution is -0.121. The molecule has 0 radical (unpaired) electrons. The summed E-state index contributed by atoms with van der Waals surface area (Å²) in [4.78, 5) is 17.5. The third-order valence-corrected chi connectivity index (χ3v) is 6.44. The number of nitrogens with one attached hydrogen (secondary N) is 2. The van der Waals surface area contributed by atoms with E-state index in [1.807, 2.05) is 42.5 Å². The Bertz CT molecular complexity index is 1270. The number of ether oxygens (including phenoxy) is 1. The van der Waals surface area contributed by atoms with Crippen LogP contribution in [0, 0.1) is 11.8 Å². The molecule has 1 saturated carbocycles. The van der Waals surface area contributed by atoms with Crippen molar-refractivity contribution in [3.63, 3.8) is 0 Å². The summed E-state index contributed by atoms with van der Waals surface area (Å²) < 4.78 is 10.1. The normalized spacial score (nSPS) is 18.5. The maximum Gasteiger partial charge on any atom is 0.227 e. The van der Waals surface area contributed by atoms with Crippen molar-refractivity contribution in [1.29, 1.82) is 0 Å². The van der Waals surface area contributed by atoms with E-state index in [2.05, 4.69) is 25.9 Å². The van der Waals surface area contributed by atoms with Crippen molar-refractivity contribution in [2.45, 2.75) is 32.2 Å². The van der Waals surface area contributed by atoms with Crippen molar-refractivity contribution in [1.82, 2.24) is 20.6 Å². The van der Waals surface area contributed by atoms with Gasteiger partial charge in [-0.3, -0.25) is 9.78 Å². The van der Waals surface area contributed by atoms with Gasteiger partial charge in [-0.2, -0.15) is 0 Å². The van der Waals surface area contributed by atoms with Crippen LogP contribution in [0.1, 0.15) is 31.2 Å². The Labute approximate surface area is 191 Å². The second-order valence-electron chi connectivity index (χ2n) is 8.68. The van der Waals surface area contributed by atoms with Crippen LogP contribution < -0.4 is 15.4 Å². The van der Waals surface area contributed by atoms with Gasteiger partial charge >= 0.3 is 0 Å². The van der Waals surface area contributed by atoms with Gasteiger partial charge in [0.2, 0.25) is 5.91 Å². The van der Waals surface area contributed by atoms with Crippen molar-refractivity contribution in [3.05, 3.63) is 54.2 Å². The minimum atomic E-state index is 0.0110. The average Bonchev–Trinajstić information content (AvgIpc) is 3.32. The summed E-state index contributed by atoms with van der Waals surface area (Å²) in [6, 6.07) is 13.5. The molecule has 1 fully saturated rings. The van der Waals surface area contributed by atoms with Crippen molar-refractivity contribution in [2.24, 2.45) is 11.8 Å². The fraction of sp³-hybridized carbons (Fsp3) is 0.360. The molecule has 1 aliphatic rings. The Kier molecular flexibility index (Phi) is 6.17. The van der Waals surface area contributed by atoms with Gasteiger partial charge in [0.05, 0.1) is 18.3 Å². The molecular weight excluding hydrogens is 418 g/mol. The van der Waals surface area contributed by atoms with Gasteiger partial charge in [0.1, 0.15) is 16.8 Å². The van der Waals surface area contributed by atoms with Crippen molar-refractivity contribution < 1.29 is 14.2 Å². The number of hydrogen-bond acceptors (Lipinski definition) is 7. The van der Waals surface area contributed by atoms with Crippen LogP contribution in [-0.2, 0) is 11.3 Å². The van der Waals surface area contributed by atoms with Gasteiger partial charge in [-0.05, 0) is 84.0 Å². The van der Waals surface area contributed by atoms with Gasteiger partial charge in [-0.15, -0.1) is 0 Å². The number of hydrogen-bond donors (Lipinski definition) is 2. The number of anilines is 1. The van der Waals surface area contributed by atoms with Gasteiger partial charge < -0.3 is 15.4 Å². The minimum absolute atomic E-state index is 0.0110. The van der Waals surface area contributed by atoms with E-state index in [4.69, 9.17) is 9.37 Å². The summed E-state index contributed by atoms with van der Waals surface area (Å²) in [5, 5.41) is 15.3. The number of benzene rings is 2. The molecule has 0 bridgehead atoms. The summed E-state index contributed by atoms with van der Waals surface area (Å²) in [6.45, 7) is 1.63. The number of amides is 1. The molecule has 2 atom stereocenters. The molecule has 2 heterocycles. The zero-order chi connectivity index (χ0) is 22.6. The number of pyridine rings is 1. The summed E-state index contributed by atoms with van der Waals surface area (Å²) >= 11 is 0. The maximum absolute atomic E-state index is 13.1. The largest absolute Gasteiger partial charge is 0.497 e. The summed E-state index contributed by atoms with van der Waals surface area (Å²) in [5.41, 5.74) is 4.29. The van der Waals surface area contributed by atoms with Crippen molar-refractivity contribution in [2.75, 3.05) is 19.0 Å². The Morgan fingerprint density at radius 3 is 2.88 bits per heavy atom. The number of carbonyl (C=O) groups excluding carboxylic acids is 1. The molecule has 1 aliphatic carbocycles. The monoisotopic (exact) mass is 445 g/mol. The van der Waals surface area contributed by atoms with Crippen LogP contribution in [0.4, 0.5) is 5.69 Å². The predicted octanol–water partition coefficient (Wildman–Crippen LogP) is 4.31. The zero-order valence-electron chi connectivity index (χ0n) is 18.6. The van der Waals surface area contributed by atoms with Crippen LogP contribution in [0.25, 0.3) is 21.9 Å². The first-order chi connectivity index (χ1) is 16.2. The molecule has 0 saturated heterocycles. The first-order valence-corrected chi connectivity index (χ1v) is 11.3. The molecule has 33 heavy (non-hydrogen) atoms. The van der Waals surface area contributed by atoms with Gasteiger partial charge in [0, 0.05) is 24.0 Å². The fourth-order valence-corrected chi connectivity index (χ4v) is 4.67. The molecule has 0 spiro atoms. The number of aromatic nitrogens is 3. The van der Waals surface area contributed by atoms with E-state index < -0.39 is 0 Å². The summed E-state index contributed by atoms with van der Waals surface area (Å²) in [5.74, 6) is 1.31. The second-order valence-corrected chi connectivity index (χ2v) is 8.68. The summed E-state index contributed by atoms with van der Waals surface area (Å²) in [6.07, 6.45) is 5.73. The van der Waals surface area contributed by atoms with Gasteiger partial charge in [0.15, 0.2) is 0 Å². The molecular formula is C25H27N5O3. The van der Waals surface area contributed by atoms with Crippen molar-refractivity contribution >= 4 is 33.5 Å². The first-order valence-electron chi connectivity index (χ1n) is 11.3. The number of fused-ring (bicyclic) bond motifs is 2. The van der Waals surface area contributed by atoms with Crippen LogP contribution in [0.15, 0.2) is 53.3 Å².